The van der Waals surface area contributed by atoms with E-state index in [0.717, 1.165) is 22.2 Å². The number of aromatic nitrogens is 1. The molecule has 0 aliphatic rings. The number of ether oxygens (including phenoxy) is 2. The molecule has 0 saturated heterocycles. The lowest BCUT2D eigenvalue weighted by atomic mass is 10.0. The van der Waals surface area contributed by atoms with Crippen molar-refractivity contribution in [3.8, 4) is 23.0 Å². The zero-order chi connectivity index (χ0) is 22.7. The lowest BCUT2D eigenvalue weighted by molar-refractivity contribution is -0.118. The van der Waals surface area contributed by atoms with E-state index in [2.05, 4.69) is 30.2 Å². The zero-order valence-corrected chi connectivity index (χ0v) is 18.6. The van der Waals surface area contributed by atoms with Gasteiger partial charge in [-0.2, -0.15) is 0 Å². The maximum atomic E-state index is 12.5. The highest BCUT2D eigenvalue weighted by Crippen LogP contribution is 2.32. The molecule has 0 unspecified atom stereocenters. The van der Waals surface area contributed by atoms with Crippen LogP contribution in [0.15, 0.2) is 65.1 Å². The number of oxazole rings is 1. The molecule has 4 rings (SSSR count). The van der Waals surface area contributed by atoms with Gasteiger partial charge in [-0.25, -0.2) is 4.98 Å². The van der Waals surface area contributed by atoms with Crippen LogP contribution in [-0.4, -0.2) is 24.6 Å². The van der Waals surface area contributed by atoms with Crippen molar-refractivity contribution in [1.29, 1.82) is 0 Å². The van der Waals surface area contributed by atoms with Crippen LogP contribution < -0.4 is 14.8 Å². The van der Waals surface area contributed by atoms with Crippen LogP contribution in [0.1, 0.15) is 30.9 Å². The highest BCUT2D eigenvalue weighted by molar-refractivity contribution is 5.94. The summed E-state index contributed by atoms with van der Waals surface area (Å²) in [6, 6.07) is 19.0. The summed E-state index contributed by atoms with van der Waals surface area (Å²) < 4.78 is 16.9. The third-order valence-electron chi connectivity index (χ3n) is 5.19. The van der Waals surface area contributed by atoms with Crippen molar-refractivity contribution in [1.82, 2.24) is 4.98 Å². The Morgan fingerprint density at radius 1 is 1.06 bits per heavy atom. The summed E-state index contributed by atoms with van der Waals surface area (Å²) in [5, 5.41) is 2.85. The number of benzene rings is 3. The van der Waals surface area contributed by atoms with E-state index in [1.165, 1.54) is 5.56 Å². The third-order valence-corrected chi connectivity index (χ3v) is 5.19. The second-order valence-corrected chi connectivity index (χ2v) is 7.97. The minimum atomic E-state index is -0.292. The molecule has 0 fully saturated rings. The van der Waals surface area contributed by atoms with Gasteiger partial charge < -0.3 is 19.2 Å². The number of fused-ring (bicyclic) bond motifs is 1. The highest BCUT2D eigenvalue weighted by Gasteiger charge is 2.14. The molecule has 164 valence electrons. The summed E-state index contributed by atoms with van der Waals surface area (Å²) in [5.41, 5.74) is 5.11. The van der Waals surface area contributed by atoms with E-state index in [-0.39, 0.29) is 12.5 Å². The molecule has 0 spiro atoms. The number of amides is 1. The molecule has 1 N–H and O–H groups in total. The summed E-state index contributed by atoms with van der Waals surface area (Å²) in [7, 11) is 1.56. The van der Waals surface area contributed by atoms with Gasteiger partial charge in [0.25, 0.3) is 5.91 Å². The van der Waals surface area contributed by atoms with Gasteiger partial charge in [0, 0.05) is 5.56 Å². The van der Waals surface area contributed by atoms with Crippen molar-refractivity contribution in [2.45, 2.75) is 26.7 Å². The first kappa shape index (κ1) is 21.4. The first-order chi connectivity index (χ1) is 15.4. The summed E-state index contributed by atoms with van der Waals surface area (Å²) >= 11 is 0. The van der Waals surface area contributed by atoms with Crippen molar-refractivity contribution < 1.29 is 18.7 Å². The molecule has 6 heteroatoms. The average molecular weight is 431 g/mol. The fourth-order valence-corrected chi connectivity index (χ4v) is 3.34. The number of aryl methyl sites for hydroxylation is 1. The average Bonchev–Trinajstić information content (AvgIpc) is 3.22. The molecule has 3 aromatic carbocycles. The van der Waals surface area contributed by atoms with E-state index in [4.69, 9.17) is 13.9 Å². The van der Waals surface area contributed by atoms with Crippen LogP contribution >= 0.6 is 0 Å². The Bertz CT molecular complexity index is 1240. The second-order valence-electron chi connectivity index (χ2n) is 7.97. The number of hydrogen-bond donors (Lipinski definition) is 1. The first-order valence-corrected chi connectivity index (χ1v) is 10.5. The Morgan fingerprint density at radius 3 is 2.56 bits per heavy atom. The monoisotopic (exact) mass is 430 g/mol. The fraction of sp³-hybridized carbons (Fsp3) is 0.231. The number of nitrogens with zero attached hydrogens (tertiary/aromatic N) is 1. The lowest BCUT2D eigenvalue weighted by Crippen LogP contribution is -2.20. The maximum Gasteiger partial charge on any atom is 0.262 e. The molecular weight excluding hydrogens is 404 g/mol. The lowest BCUT2D eigenvalue weighted by Gasteiger charge is -2.12. The van der Waals surface area contributed by atoms with Crippen molar-refractivity contribution in [3.05, 3.63) is 71.8 Å². The van der Waals surface area contributed by atoms with Crippen LogP contribution in [0.25, 0.3) is 22.6 Å². The predicted molar refractivity (Wildman–Crippen MR) is 125 cm³/mol. The SMILES string of the molecule is COc1ccc(-c2nc3cc(C(C)C)ccc3o2)cc1NC(=O)COc1ccc(C)cc1. The normalized spacial score (nSPS) is 11.0. The Hall–Kier alpha value is -3.80. The van der Waals surface area contributed by atoms with Gasteiger partial charge in [0.15, 0.2) is 12.2 Å². The summed E-state index contributed by atoms with van der Waals surface area (Å²) in [4.78, 5) is 17.1. The van der Waals surface area contributed by atoms with Crippen molar-refractivity contribution >= 4 is 22.7 Å². The number of rotatable bonds is 7. The molecule has 0 saturated carbocycles. The second kappa shape index (κ2) is 9.14. The highest BCUT2D eigenvalue weighted by atomic mass is 16.5. The number of anilines is 1. The van der Waals surface area contributed by atoms with Gasteiger partial charge >= 0.3 is 0 Å². The van der Waals surface area contributed by atoms with Crippen molar-refractivity contribution in [3.63, 3.8) is 0 Å². The van der Waals surface area contributed by atoms with E-state index in [1.807, 2.05) is 49.4 Å². The zero-order valence-electron chi connectivity index (χ0n) is 18.6. The fourth-order valence-electron chi connectivity index (χ4n) is 3.34. The maximum absolute atomic E-state index is 12.5. The molecule has 0 radical (unpaired) electrons. The first-order valence-electron chi connectivity index (χ1n) is 10.5. The standard InChI is InChI=1S/C26H26N2O4/c1-16(2)18-7-12-24-22(13-18)28-26(32-24)19-8-11-23(30-4)21(14-19)27-25(29)15-31-20-9-5-17(3)6-10-20/h5-14,16H,15H2,1-4H3,(H,27,29). The molecule has 0 bridgehead atoms. The van der Waals surface area contributed by atoms with E-state index in [0.29, 0.717) is 29.0 Å². The van der Waals surface area contributed by atoms with E-state index >= 15 is 0 Å². The number of carbonyl (C=O) groups excluding carboxylic acids is 1. The van der Waals surface area contributed by atoms with Crippen molar-refractivity contribution in [2.75, 3.05) is 19.0 Å². The van der Waals surface area contributed by atoms with Crippen LogP contribution in [0.3, 0.4) is 0 Å². The van der Waals surface area contributed by atoms with Crippen molar-refractivity contribution in [2.24, 2.45) is 0 Å². The Kier molecular flexibility index (Phi) is 6.12. The number of hydrogen-bond acceptors (Lipinski definition) is 5. The summed E-state index contributed by atoms with van der Waals surface area (Å²) in [6.07, 6.45) is 0. The number of carbonyl (C=O) groups is 1. The molecule has 6 nitrogen and oxygen atoms in total. The Morgan fingerprint density at radius 2 is 1.84 bits per heavy atom. The third kappa shape index (κ3) is 4.75. The molecule has 1 heterocycles. The van der Waals surface area contributed by atoms with Gasteiger partial charge in [0.1, 0.15) is 17.0 Å². The van der Waals surface area contributed by atoms with Gasteiger partial charge in [0.05, 0.1) is 12.8 Å². The molecule has 0 aliphatic heterocycles. The topological polar surface area (TPSA) is 73.6 Å². The molecule has 4 aromatic rings. The van der Waals surface area contributed by atoms with Gasteiger partial charge in [-0.1, -0.05) is 37.6 Å². The predicted octanol–water partition coefficient (Wildman–Crippen LogP) is 5.95. The summed E-state index contributed by atoms with van der Waals surface area (Å²) in [5.74, 6) is 1.77. The smallest absolute Gasteiger partial charge is 0.262 e. The van der Waals surface area contributed by atoms with Gasteiger partial charge in [0.2, 0.25) is 5.89 Å². The van der Waals surface area contributed by atoms with Crippen LogP contribution in [0, 0.1) is 6.92 Å². The largest absolute Gasteiger partial charge is 0.495 e. The van der Waals surface area contributed by atoms with Gasteiger partial charge in [-0.3, -0.25) is 4.79 Å². The molecule has 0 aliphatic carbocycles. The molecule has 1 amide bonds. The van der Waals surface area contributed by atoms with Crippen LogP contribution in [0.5, 0.6) is 11.5 Å². The Labute approximate surface area is 187 Å². The molecule has 0 atom stereocenters. The molecular formula is C26H26N2O4. The minimum Gasteiger partial charge on any atom is -0.495 e. The quantitative estimate of drug-likeness (QED) is 0.392. The van der Waals surface area contributed by atoms with E-state index in [1.54, 1.807) is 19.2 Å². The van der Waals surface area contributed by atoms with Crippen LogP contribution in [-0.2, 0) is 4.79 Å². The number of nitrogens with one attached hydrogen (secondary N) is 1. The van der Waals surface area contributed by atoms with Gasteiger partial charge in [-0.15, -0.1) is 0 Å². The molecule has 1 aromatic heterocycles. The van der Waals surface area contributed by atoms with E-state index in [9.17, 15) is 4.79 Å². The van der Waals surface area contributed by atoms with Gasteiger partial charge in [-0.05, 0) is 60.9 Å². The Balaban J connectivity index is 1.53. The van der Waals surface area contributed by atoms with E-state index < -0.39 is 0 Å². The molecule has 32 heavy (non-hydrogen) atoms. The van der Waals surface area contributed by atoms with Crippen LogP contribution in [0.4, 0.5) is 5.69 Å². The van der Waals surface area contributed by atoms with Crippen LogP contribution in [0.2, 0.25) is 0 Å². The summed E-state index contributed by atoms with van der Waals surface area (Å²) in [6.45, 7) is 6.17. The minimum absolute atomic E-state index is 0.114. The number of methoxy groups -OCH3 is 1.